The minimum Gasteiger partial charge on any atom is -0.497 e. The number of halogens is 1. The fourth-order valence-electron chi connectivity index (χ4n) is 3.01. The minimum absolute atomic E-state index is 0.305. The first kappa shape index (κ1) is 21.6. The molecular weight excluding hydrogens is 494 g/mol. The predicted octanol–water partition coefficient (Wildman–Crippen LogP) is 5.67. The van der Waals surface area contributed by atoms with E-state index in [9.17, 15) is 10.1 Å². The molecule has 0 unspecified atom stereocenters. The molecule has 2 aromatic carbocycles. The third-order valence-electron chi connectivity index (χ3n) is 4.60. The molecule has 4 aromatic rings. The van der Waals surface area contributed by atoms with Gasteiger partial charge in [0.05, 0.1) is 31.2 Å². The summed E-state index contributed by atoms with van der Waals surface area (Å²) >= 11 is 4.68. The number of hydrogen-bond donors (Lipinski definition) is 1. The summed E-state index contributed by atoms with van der Waals surface area (Å²) in [6.45, 7) is 0. The van der Waals surface area contributed by atoms with Crippen molar-refractivity contribution in [1.82, 2.24) is 4.98 Å². The maximum absolute atomic E-state index is 12.5. The summed E-state index contributed by atoms with van der Waals surface area (Å²) < 4.78 is 16.9. The van der Waals surface area contributed by atoms with Gasteiger partial charge in [-0.25, -0.2) is 9.78 Å². The first-order valence-electron chi connectivity index (χ1n) is 9.31. The van der Waals surface area contributed by atoms with Gasteiger partial charge in [0, 0.05) is 27.5 Å². The predicted molar refractivity (Wildman–Crippen MR) is 128 cm³/mol. The number of nitrogens with one attached hydrogen (secondary N) is 1. The fourth-order valence-corrected chi connectivity index (χ4v) is 4.18. The van der Waals surface area contributed by atoms with Crippen LogP contribution in [0.5, 0.6) is 11.5 Å². The molecule has 0 bridgehead atoms. The van der Waals surface area contributed by atoms with Gasteiger partial charge in [0.2, 0.25) is 0 Å². The smallest absolute Gasteiger partial charge is 0.345 e. The number of aromatic nitrogens is 1. The highest BCUT2D eigenvalue weighted by atomic mass is 79.9. The fraction of sp³-hybridized carbons (Fsp3) is 0.0870. The normalized spacial score (nSPS) is 11.2. The maximum atomic E-state index is 12.5. The van der Waals surface area contributed by atoms with Crippen LogP contribution in [0.2, 0.25) is 0 Å². The first-order valence-corrected chi connectivity index (χ1v) is 11.0. The van der Waals surface area contributed by atoms with Gasteiger partial charge >= 0.3 is 5.63 Å². The first-order chi connectivity index (χ1) is 15.5. The Kier molecular flexibility index (Phi) is 6.25. The number of thiazole rings is 1. The second-order valence-corrected chi connectivity index (χ2v) is 8.32. The Balaban J connectivity index is 1.67. The quantitative estimate of drug-likeness (QED) is 0.264. The molecule has 7 nitrogen and oxygen atoms in total. The van der Waals surface area contributed by atoms with Crippen LogP contribution in [0.3, 0.4) is 0 Å². The molecule has 9 heteroatoms. The van der Waals surface area contributed by atoms with Crippen LogP contribution in [0.1, 0.15) is 5.01 Å². The molecule has 0 saturated heterocycles. The highest BCUT2D eigenvalue weighted by Crippen LogP contribution is 2.31. The lowest BCUT2D eigenvalue weighted by Crippen LogP contribution is -2.03. The van der Waals surface area contributed by atoms with Gasteiger partial charge in [-0.15, -0.1) is 11.3 Å². The van der Waals surface area contributed by atoms with Crippen LogP contribution in [-0.2, 0) is 0 Å². The molecule has 4 rings (SSSR count). The molecule has 1 N–H and O–H groups in total. The average Bonchev–Trinajstić information content (AvgIpc) is 3.29. The van der Waals surface area contributed by atoms with Gasteiger partial charge in [-0.05, 0) is 36.4 Å². The van der Waals surface area contributed by atoms with Gasteiger partial charge < -0.3 is 19.2 Å². The van der Waals surface area contributed by atoms with E-state index in [2.05, 4.69) is 32.3 Å². The number of hydrogen-bond acceptors (Lipinski definition) is 8. The van der Waals surface area contributed by atoms with E-state index in [4.69, 9.17) is 13.9 Å². The summed E-state index contributed by atoms with van der Waals surface area (Å²) in [5, 5.41) is 15.7. The number of benzene rings is 2. The van der Waals surface area contributed by atoms with Gasteiger partial charge in [-0.1, -0.05) is 15.9 Å². The number of ether oxygens (including phenoxy) is 2. The molecule has 0 radical (unpaired) electrons. The zero-order valence-electron chi connectivity index (χ0n) is 17.0. The molecule has 0 amide bonds. The standard InChI is InChI=1S/C23H16BrN3O4S/c1-29-16-4-6-21(30-2)18(9-16)26-11-14(10-25)22-27-19(12-32-22)17-8-13-7-15(24)3-5-20(13)31-23(17)28/h3-9,11-12,26H,1-2H3/b14-11-. The van der Waals surface area contributed by atoms with Gasteiger partial charge in [-0.2, -0.15) is 5.26 Å². The molecule has 2 aromatic heterocycles. The van der Waals surface area contributed by atoms with Crippen molar-refractivity contribution in [2.24, 2.45) is 0 Å². The number of methoxy groups -OCH3 is 2. The van der Waals surface area contributed by atoms with Gasteiger partial charge in [0.15, 0.2) is 0 Å². The lowest BCUT2D eigenvalue weighted by molar-refractivity contribution is 0.405. The summed E-state index contributed by atoms with van der Waals surface area (Å²) in [6, 6.07) is 14.6. The molecule has 0 aliphatic rings. The van der Waals surface area contributed by atoms with Crippen molar-refractivity contribution < 1.29 is 13.9 Å². The van der Waals surface area contributed by atoms with Crippen molar-refractivity contribution in [1.29, 1.82) is 5.26 Å². The van der Waals surface area contributed by atoms with Crippen LogP contribution in [0.4, 0.5) is 5.69 Å². The molecule has 32 heavy (non-hydrogen) atoms. The summed E-state index contributed by atoms with van der Waals surface area (Å²) in [5.41, 5.74) is 1.72. The minimum atomic E-state index is -0.488. The molecule has 0 aliphatic carbocycles. The molecule has 0 aliphatic heterocycles. The van der Waals surface area contributed by atoms with Crippen molar-refractivity contribution in [3.05, 3.63) is 73.9 Å². The van der Waals surface area contributed by atoms with Gasteiger partial charge in [0.25, 0.3) is 0 Å². The van der Waals surface area contributed by atoms with E-state index < -0.39 is 5.63 Å². The summed E-state index contributed by atoms with van der Waals surface area (Å²) in [4.78, 5) is 17.0. The summed E-state index contributed by atoms with van der Waals surface area (Å²) in [7, 11) is 3.13. The Hall–Kier alpha value is -3.61. The average molecular weight is 510 g/mol. The van der Waals surface area contributed by atoms with E-state index in [1.165, 1.54) is 11.3 Å². The number of allylic oxidation sites excluding steroid dienone is 1. The topological polar surface area (TPSA) is 97.4 Å². The number of anilines is 1. The van der Waals surface area contributed by atoms with Crippen LogP contribution in [0.25, 0.3) is 27.8 Å². The Morgan fingerprint density at radius 1 is 1.22 bits per heavy atom. The van der Waals surface area contributed by atoms with E-state index in [1.807, 2.05) is 6.07 Å². The molecule has 0 spiro atoms. The molecule has 0 fully saturated rings. The van der Waals surface area contributed by atoms with Gasteiger partial charge in [-0.3, -0.25) is 0 Å². The third-order valence-corrected chi connectivity index (χ3v) is 5.97. The van der Waals surface area contributed by atoms with E-state index in [0.29, 0.717) is 44.6 Å². The third kappa shape index (κ3) is 4.37. The van der Waals surface area contributed by atoms with Crippen molar-refractivity contribution in [3.8, 4) is 28.8 Å². The van der Waals surface area contributed by atoms with E-state index in [1.54, 1.807) is 62.2 Å². The lowest BCUT2D eigenvalue weighted by atomic mass is 10.1. The number of nitrogens with zero attached hydrogens (tertiary/aromatic N) is 2. The van der Waals surface area contributed by atoms with Crippen LogP contribution < -0.4 is 20.4 Å². The molecule has 2 heterocycles. The monoisotopic (exact) mass is 509 g/mol. The summed E-state index contributed by atoms with van der Waals surface area (Å²) in [5.74, 6) is 1.24. The zero-order chi connectivity index (χ0) is 22.7. The Morgan fingerprint density at radius 2 is 2.06 bits per heavy atom. The van der Waals surface area contributed by atoms with Crippen molar-refractivity contribution in [2.45, 2.75) is 0 Å². The van der Waals surface area contributed by atoms with Crippen LogP contribution in [0, 0.1) is 11.3 Å². The van der Waals surface area contributed by atoms with Crippen LogP contribution in [-0.4, -0.2) is 19.2 Å². The lowest BCUT2D eigenvalue weighted by Gasteiger charge is -2.10. The van der Waals surface area contributed by atoms with Crippen LogP contribution >= 0.6 is 27.3 Å². The van der Waals surface area contributed by atoms with Crippen molar-refractivity contribution >= 4 is 49.5 Å². The number of fused-ring (bicyclic) bond motifs is 1. The van der Waals surface area contributed by atoms with Crippen LogP contribution in [0.15, 0.2) is 67.7 Å². The molecular formula is C23H16BrN3O4S. The second-order valence-electron chi connectivity index (χ2n) is 6.55. The van der Waals surface area contributed by atoms with Crippen molar-refractivity contribution in [3.63, 3.8) is 0 Å². The Morgan fingerprint density at radius 3 is 2.81 bits per heavy atom. The maximum Gasteiger partial charge on any atom is 0.345 e. The Bertz CT molecular complexity index is 1440. The molecule has 0 atom stereocenters. The second kappa shape index (κ2) is 9.26. The Labute approximate surface area is 195 Å². The number of nitriles is 1. The highest BCUT2D eigenvalue weighted by Gasteiger charge is 2.14. The van der Waals surface area contributed by atoms with Gasteiger partial charge in [0.1, 0.15) is 33.7 Å². The molecule has 160 valence electrons. The van der Waals surface area contributed by atoms with E-state index >= 15 is 0 Å². The zero-order valence-corrected chi connectivity index (χ0v) is 19.4. The van der Waals surface area contributed by atoms with E-state index in [0.717, 1.165) is 9.86 Å². The number of rotatable bonds is 6. The summed E-state index contributed by atoms with van der Waals surface area (Å²) in [6.07, 6.45) is 1.54. The van der Waals surface area contributed by atoms with Crippen molar-refractivity contribution in [2.75, 3.05) is 19.5 Å². The SMILES string of the molecule is COc1ccc(OC)c(N/C=C(/C#N)c2nc(-c3cc4cc(Br)ccc4oc3=O)cs2)c1. The van der Waals surface area contributed by atoms with E-state index in [-0.39, 0.29) is 0 Å². The highest BCUT2D eigenvalue weighted by molar-refractivity contribution is 9.10. The molecule has 0 saturated carbocycles. The largest absolute Gasteiger partial charge is 0.497 e.